The molecule has 1 aliphatic heterocycles. The lowest BCUT2D eigenvalue weighted by atomic mass is 9.85. The van der Waals surface area contributed by atoms with Crippen molar-refractivity contribution in [1.29, 1.82) is 0 Å². The zero-order valence-electron chi connectivity index (χ0n) is 11.7. The van der Waals surface area contributed by atoms with E-state index in [1.54, 1.807) is 0 Å². The summed E-state index contributed by atoms with van der Waals surface area (Å²) in [5.74, 6) is 0. The maximum Gasteiger partial charge on any atom is 0.0721 e. The number of aliphatic hydroxyl groups is 1. The zero-order valence-corrected chi connectivity index (χ0v) is 11.7. The monoisotopic (exact) mass is 267 g/mol. The number of anilines is 1. The van der Waals surface area contributed by atoms with E-state index in [9.17, 15) is 5.11 Å². The Morgan fingerprint density at radius 2 is 1.40 bits per heavy atom. The Hall–Kier alpha value is -1.80. The number of hydrogen-bond acceptors (Lipinski definition) is 2. The molecule has 2 aromatic rings. The van der Waals surface area contributed by atoms with E-state index in [2.05, 4.69) is 41.3 Å². The van der Waals surface area contributed by atoms with Gasteiger partial charge in [0, 0.05) is 25.2 Å². The SMILES string of the molecule is OC1(Cc2ccccc2)CCN(c2ccccc2)CC1. The van der Waals surface area contributed by atoms with Crippen LogP contribution in [0.15, 0.2) is 60.7 Å². The summed E-state index contributed by atoms with van der Waals surface area (Å²) < 4.78 is 0. The van der Waals surface area contributed by atoms with Gasteiger partial charge in [0.05, 0.1) is 5.60 Å². The minimum atomic E-state index is -0.549. The Bertz CT molecular complexity index is 530. The number of nitrogens with zero attached hydrogens (tertiary/aromatic N) is 1. The molecule has 0 saturated carbocycles. The summed E-state index contributed by atoms with van der Waals surface area (Å²) in [6, 6.07) is 20.8. The van der Waals surface area contributed by atoms with E-state index < -0.39 is 5.60 Å². The van der Waals surface area contributed by atoms with Gasteiger partial charge in [-0.2, -0.15) is 0 Å². The first-order chi connectivity index (χ1) is 9.75. The minimum absolute atomic E-state index is 0.549. The molecule has 0 amide bonds. The molecular weight excluding hydrogens is 246 g/mol. The number of piperidine rings is 1. The van der Waals surface area contributed by atoms with E-state index in [-0.39, 0.29) is 0 Å². The topological polar surface area (TPSA) is 23.5 Å². The summed E-state index contributed by atoms with van der Waals surface area (Å²) in [6.07, 6.45) is 2.42. The van der Waals surface area contributed by atoms with Crippen LogP contribution in [0.2, 0.25) is 0 Å². The molecule has 0 aromatic heterocycles. The van der Waals surface area contributed by atoms with Gasteiger partial charge in [-0.05, 0) is 30.5 Å². The van der Waals surface area contributed by atoms with Crippen LogP contribution in [-0.2, 0) is 6.42 Å². The van der Waals surface area contributed by atoms with Crippen LogP contribution in [-0.4, -0.2) is 23.8 Å². The van der Waals surface area contributed by atoms with Crippen LogP contribution in [0.4, 0.5) is 5.69 Å². The molecule has 2 nitrogen and oxygen atoms in total. The van der Waals surface area contributed by atoms with E-state index in [1.807, 2.05) is 24.3 Å². The molecule has 1 N–H and O–H groups in total. The van der Waals surface area contributed by atoms with Crippen LogP contribution in [0.5, 0.6) is 0 Å². The van der Waals surface area contributed by atoms with E-state index >= 15 is 0 Å². The average molecular weight is 267 g/mol. The molecule has 20 heavy (non-hydrogen) atoms. The Kier molecular flexibility index (Phi) is 3.75. The van der Waals surface area contributed by atoms with Gasteiger partial charge in [0.15, 0.2) is 0 Å². The molecule has 2 heteroatoms. The van der Waals surface area contributed by atoms with Gasteiger partial charge in [-0.15, -0.1) is 0 Å². The zero-order chi connectivity index (χ0) is 13.8. The van der Waals surface area contributed by atoms with Gasteiger partial charge in [0.1, 0.15) is 0 Å². The van der Waals surface area contributed by atoms with Crippen LogP contribution in [0.3, 0.4) is 0 Å². The number of para-hydroxylation sites is 1. The molecule has 2 aromatic carbocycles. The highest BCUT2D eigenvalue weighted by Gasteiger charge is 2.32. The second-order valence-electron chi connectivity index (χ2n) is 5.71. The van der Waals surface area contributed by atoms with Gasteiger partial charge in [0.25, 0.3) is 0 Å². The maximum atomic E-state index is 10.8. The van der Waals surface area contributed by atoms with Gasteiger partial charge >= 0.3 is 0 Å². The lowest BCUT2D eigenvalue weighted by Crippen LogP contribution is -2.45. The second-order valence-corrected chi connectivity index (χ2v) is 5.71. The number of benzene rings is 2. The van der Waals surface area contributed by atoms with Crippen molar-refractivity contribution in [1.82, 2.24) is 0 Å². The first-order valence-corrected chi connectivity index (χ1v) is 7.32. The van der Waals surface area contributed by atoms with Crippen molar-refractivity contribution in [3.05, 3.63) is 66.2 Å². The highest BCUT2D eigenvalue weighted by atomic mass is 16.3. The summed E-state index contributed by atoms with van der Waals surface area (Å²) >= 11 is 0. The van der Waals surface area contributed by atoms with E-state index in [0.717, 1.165) is 32.4 Å². The smallest absolute Gasteiger partial charge is 0.0721 e. The van der Waals surface area contributed by atoms with Crippen LogP contribution >= 0.6 is 0 Å². The average Bonchev–Trinajstić information content (AvgIpc) is 2.50. The molecule has 0 unspecified atom stereocenters. The highest BCUT2D eigenvalue weighted by Crippen LogP contribution is 2.29. The van der Waals surface area contributed by atoms with Crippen molar-refractivity contribution >= 4 is 5.69 Å². The third-order valence-electron chi connectivity index (χ3n) is 4.19. The van der Waals surface area contributed by atoms with E-state index in [0.29, 0.717) is 0 Å². The fourth-order valence-electron chi connectivity index (χ4n) is 2.97. The normalized spacial score (nSPS) is 17.9. The fraction of sp³-hybridized carbons (Fsp3) is 0.333. The third-order valence-corrected chi connectivity index (χ3v) is 4.19. The molecule has 1 aliphatic rings. The van der Waals surface area contributed by atoms with Gasteiger partial charge in [-0.25, -0.2) is 0 Å². The predicted octanol–water partition coefficient (Wildman–Crippen LogP) is 3.26. The van der Waals surface area contributed by atoms with Crippen LogP contribution in [0.1, 0.15) is 18.4 Å². The lowest BCUT2D eigenvalue weighted by Gasteiger charge is -2.39. The molecule has 1 fully saturated rings. The van der Waals surface area contributed by atoms with Crippen molar-refractivity contribution < 1.29 is 5.11 Å². The quantitative estimate of drug-likeness (QED) is 0.922. The maximum absolute atomic E-state index is 10.8. The standard InChI is InChI=1S/C18H21NO/c20-18(15-16-7-3-1-4-8-16)11-13-19(14-12-18)17-9-5-2-6-10-17/h1-10,20H,11-15H2. The van der Waals surface area contributed by atoms with Crippen LogP contribution in [0, 0.1) is 0 Å². The van der Waals surface area contributed by atoms with Crippen LogP contribution in [0.25, 0.3) is 0 Å². The van der Waals surface area contributed by atoms with Crippen molar-refractivity contribution in [3.8, 4) is 0 Å². The molecule has 104 valence electrons. The summed E-state index contributed by atoms with van der Waals surface area (Å²) in [6.45, 7) is 1.85. The summed E-state index contributed by atoms with van der Waals surface area (Å²) in [5, 5.41) is 10.8. The molecule has 3 rings (SSSR count). The van der Waals surface area contributed by atoms with Crippen molar-refractivity contribution in [3.63, 3.8) is 0 Å². The molecule has 0 aliphatic carbocycles. The Morgan fingerprint density at radius 3 is 2.00 bits per heavy atom. The molecule has 0 bridgehead atoms. The largest absolute Gasteiger partial charge is 0.389 e. The number of rotatable bonds is 3. The molecule has 0 spiro atoms. The van der Waals surface area contributed by atoms with Gasteiger partial charge in [-0.1, -0.05) is 48.5 Å². The minimum Gasteiger partial charge on any atom is -0.389 e. The Morgan fingerprint density at radius 1 is 0.850 bits per heavy atom. The molecule has 0 atom stereocenters. The van der Waals surface area contributed by atoms with Gasteiger partial charge in [-0.3, -0.25) is 0 Å². The lowest BCUT2D eigenvalue weighted by molar-refractivity contribution is 0.0165. The van der Waals surface area contributed by atoms with Crippen molar-refractivity contribution in [2.24, 2.45) is 0 Å². The van der Waals surface area contributed by atoms with E-state index in [4.69, 9.17) is 0 Å². The van der Waals surface area contributed by atoms with Gasteiger partial charge < -0.3 is 10.0 Å². The third kappa shape index (κ3) is 3.02. The summed E-state index contributed by atoms with van der Waals surface area (Å²) in [5.41, 5.74) is 1.93. The van der Waals surface area contributed by atoms with Crippen molar-refractivity contribution in [2.45, 2.75) is 24.9 Å². The summed E-state index contributed by atoms with van der Waals surface area (Å²) in [7, 11) is 0. The summed E-state index contributed by atoms with van der Waals surface area (Å²) in [4.78, 5) is 2.36. The van der Waals surface area contributed by atoms with E-state index in [1.165, 1.54) is 11.3 Å². The fourth-order valence-corrected chi connectivity index (χ4v) is 2.97. The molecule has 1 saturated heterocycles. The molecular formula is C18H21NO. The van der Waals surface area contributed by atoms with Crippen LogP contribution < -0.4 is 4.90 Å². The molecule has 1 heterocycles. The highest BCUT2D eigenvalue weighted by molar-refractivity contribution is 5.46. The first-order valence-electron chi connectivity index (χ1n) is 7.32. The Labute approximate surface area is 120 Å². The number of hydrogen-bond donors (Lipinski definition) is 1. The van der Waals surface area contributed by atoms with Gasteiger partial charge in [0.2, 0.25) is 0 Å². The Balaban J connectivity index is 1.63. The predicted molar refractivity (Wildman–Crippen MR) is 83.0 cm³/mol. The second kappa shape index (κ2) is 5.68. The van der Waals surface area contributed by atoms with Crippen molar-refractivity contribution in [2.75, 3.05) is 18.0 Å². The molecule has 0 radical (unpaired) electrons. The first kappa shape index (κ1) is 13.2.